The molecule has 0 N–H and O–H groups in total. The Morgan fingerprint density at radius 2 is 1.62 bits per heavy atom. The Morgan fingerprint density at radius 3 is 2.24 bits per heavy atom. The Kier molecular flexibility index (Phi) is 7.37. The fraction of sp³-hybridized carbons (Fsp3) is 0.435. The second-order valence-corrected chi connectivity index (χ2v) is 10.8. The van der Waals surface area contributed by atoms with Gasteiger partial charge in [-0.2, -0.15) is 8.42 Å². The van der Waals surface area contributed by atoms with Crippen LogP contribution in [0.2, 0.25) is 0 Å². The minimum Gasteiger partial charge on any atom is -0.444 e. The fourth-order valence-electron chi connectivity index (χ4n) is 3.45. The zero-order valence-corrected chi connectivity index (χ0v) is 20.8. The Morgan fingerprint density at radius 1 is 0.971 bits per heavy atom. The van der Waals surface area contributed by atoms with Crippen LogP contribution in [0, 0.1) is 11.6 Å². The van der Waals surface area contributed by atoms with E-state index in [9.17, 15) is 22.0 Å². The Bertz CT molecular complexity index is 1150. The lowest BCUT2D eigenvalue weighted by Crippen LogP contribution is -2.42. The van der Waals surface area contributed by atoms with Crippen LogP contribution in [-0.4, -0.2) is 70.2 Å². The van der Waals surface area contributed by atoms with Crippen LogP contribution < -0.4 is 8.61 Å². The number of carbonyl (C=O) groups excluding carboxylic acids is 1. The van der Waals surface area contributed by atoms with Gasteiger partial charge in [-0.15, -0.1) is 0 Å². The molecule has 0 bridgehead atoms. The van der Waals surface area contributed by atoms with Gasteiger partial charge in [0.05, 0.1) is 17.1 Å². The van der Waals surface area contributed by atoms with E-state index >= 15 is 0 Å². The van der Waals surface area contributed by atoms with Crippen LogP contribution in [-0.2, 0) is 14.9 Å². The molecular formula is C23H30F2N4O4S. The first kappa shape index (κ1) is 25.7. The number of nitrogens with zero attached hydrogens (tertiary/aromatic N) is 4. The molecule has 0 radical (unpaired) electrons. The molecule has 1 amide bonds. The number of anilines is 3. The highest BCUT2D eigenvalue weighted by molar-refractivity contribution is 7.95. The molecule has 0 saturated carbocycles. The number of ether oxygens (including phenoxy) is 1. The molecule has 1 heterocycles. The third-order valence-electron chi connectivity index (χ3n) is 5.21. The van der Waals surface area contributed by atoms with Gasteiger partial charge in [-0.1, -0.05) is 12.1 Å². The summed E-state index contributed by atoms with van der Waals surface area (Å²) in [6, 6.07) is 9.37. The summed E-state index contributed by atoms with van der Waals surface area (Å²) in [7, 11) is -0.692. The van der Waals surface area contributed by atoms with Crippen molar-refractivity contribution in [3.05, 3.63) is 54.1 Å². The maximum absolute atomic E-state index is 14.5. The monoisotopic (exact) mass is 496 g/mol. The standard InChI is InChI=1S/C23H30F2N4O4S/c1-23(2,3)33-22(30)27(5)14-12-26(4)13-15-28-20-8-6-7-9-21(20)29(34(28,31)32)19-11-10-17(24)16-18(19)25/h6-11,16H,12-15H2,1-5H3. The number of amides is 1. The number of carbonyl (C=O) groups is 1. The minimum atomic E-state index is -4.14. The van der Waals surface area contributed by atoms with Crippen LogP contribution in [0.25, 0.3) is 0 Å². The molecule has 0 saturated heterocycles. The molecule has 3 rings (SSSR count). The molecule has 2 aromatic carbocycles. The second-order valence-electron chi connectivity index (χ2n) is 9.13. The summed E-state index contributed by atoms with van der Waals surface area (Å²) < 4.78 is 62.1. The van der Waals surface area contributed by atoms with Crippen LogP contribution in [0.4, 0.5) is 30.6 Å². The Balaban J connectivity index is 1.71. The van der Waals surface area contributed by atoms with E-state index in [1.807, 2.05) is 11.9 Å². The number of hydrogen-bond acceptors (Lipinski definition) is 5. The van der Waals surface area contributed by atoms with E-state index in [4.69, 9.17) is 4.74 Å². The van der Waals surface area contributed by atoms with Crippen molar-refractivity contribution < 1.29 is 26.7 Å². The van der Waals surface area contributed by atoms with Crippen molar-refractivity contribution in [3.8, 4) is 0 Å². The molecular weight excluding hydrogens is 466 g/mol. The Labute approximate surface area is 199 Å². The Hall–Kier alpha value is -2.92. The van der Waals surface area contributed by atoms with Crippen molar-refractivity contribution in [1.29, 1.82) is 0 Å². The average molecular weight is 497 g/mol. The molecule has 1 aliphatic heterocycles. The van der Waals surface area contributed by atoms with Gasteiger partial charge in [-0.25, -0.2) is 22.2 Å². The summed E-state index contributed by atoms with van der Waals surface area (Å²) in [6.45, 7) is 6.71. The third-order valence-corrected chi connectivity index (χ3v) is 7.01. The van der Waals surface area contributed by atoms with Gasteiger partial charge in [0.2, 0.25) is 0 Å². The molecule has 0 spiro atoms. The highest BCUT2D eigenvalue weighted by Crippen LogP contribution is 2.45. The van der Waals surface area contributed by atoms with Gasteiger partial charge in [0.15, 0.2) is 5.82 Å². The van der Waals surface area contributed by atoms with E-state index in [-0.39, 0.29) is 12.2 Å². The predicted molar refractivity (Wildman–Crippen MR) is 128 cm³/mol. The number of rotatable bonds is 7. The largest absolute Gasteiger partial charge is 0.444 e. The number of likely N-dealkylation sites (N-methyl/N-ethyl adjacent to an activating group) is 2. The lowest BCUT2D eigenvalue weighted by atomic mass is 10.2. The number of hydrogen-bond donors (Lipinski definition) is 0. The average Bonchev–Trinajstić information content (AvgIpc) is 2.95. The molecule has 34 heavy (non-hydrogen) atoms. The van der Waals surface area contributed by atoms with Gasteiger partial charge < -0.3 is 14.5 Å². The van der Waals surface area contributed by atoms with E-state index in [2.05, 4.69) is 0 Å². The topological polar surface area (TPSA) is 73.4 Å². The highest BCUT2D eigenvalue weighted by Gasteiger charge is 2.42. The van der Waals surface area contributed by atoms with Crippen molar-refractivity contribution in [2.45, 2.75) is 26.4 Å². The molecule has 0 aliphatic carbocycles. The van der Waals surface area contributed by atoms with Crippen molar-refractivity contribution in [2.75, 3.05) is 48.9 Å². The van der Waals surface area contributed by atoms with Gasteiger partial charge in [-0.05, 0) is 52.1 Å². The van der Waals surface area contributed by atoms with Gasteiger partial charge in [-0.3, -0.25) is 0 Å². The maximum atomic E-state index is 14.5. The number of halogens is 2. The summed E-state index contributed by atoms with van der Waals surface area (Å²) in [5.74, 6) is -1.76. The molecule has 11 heteroatoms. The lowest BCUT2D eigenvalue weighted by molar-refractivity contribution is 0.0287. The zero-order chi connectivity index (χ0) is 25.3. The van der Waals surface area contributed by atoms with Gasteiger partial charge in [0.25, 0.3) is 0 Å². The number of para-hydroxylation sites is 2. The molecule has 0 fully saturated rings. The van der Waals surface area contributed by atoms with Crippen molar-refractivity contribution in [1.82, 2.24) is 9.80 Å². The molecule has 0 unspecified atom stereocenters. The van der Waals surface area contributed by atoms with Crippen LogP contribution in [0.5, 0.6) is 0 Å². The number of fused-ring (bicyclic) bond motifs is 1. The molecule has 8 nitrogen and oxygen atoms in total. The van der Waals surface area contributed by atoms with Crippen LogP contribution >= 0.6 is 0 Å². The summed E-state index contributed by atoms with van der Waals surface area (Å²) >= 11 is 0. The van der Waals surface area contributed by atoms with Crippen LogP contribution in [0.3, 0.4) is 0 Å². The van der Waals surface area contributed by atoms with Crippen molar-refractivity contribution >= 4 is 33.4 Å². The van der Waals surface area contributed by atoms with E-state index < -0.39 is 33.5 Å². The molecule has 186 valence electrons. The van der Waals surface area contributed by atoms with Gasteiger partial charge in [0, 0.05) is 39.3 Å². The van der Waals surface area contributed by atoms with E-state index in [0.717, 1.165) is 16.4 Å². The van der Waals surface area contributed by atoms with Crippen LogP contribution in [0.1, 0.15) is 20.8 Å². The molecule has 2 aromatic rings. The van der Waals surface area contributed by atoms with Gasteiger partial charge in [0.1, 0.15) is 11.4 Å². The van der Waals surface area contributed by atoms with E-state index in [1.165, 1.54) is 9.21 Å². The second kappa shape index (κ2) is 9.75. The van der Waals surface area contributed by atoms with Crippen LogP contribution in [0.15, 0.2) is 42.5 Å². The maximum Gasteiger partial charge on any atom is 0.410 e. The third kappa shape index (κ3) is 5.58. The zero-order valence-electron chi connectivity index (χ0n) is 20.0. The first-order valence-corrected chi connectivity index (χ1v) is 12.2. The normalized spacial score (nSPS) is 14.9. The highest BCUT2D eigenvalue weighted by atomic mass is 32.2. The quantitative estimate of drug-likeness (QED) is 0.580. The summed E-state index contributed by atoms with van der Waals surface area (Å²) in [4.78, 5) is 15.5. The number of benzene rings is 2. The van der Waals surface area contributed by atoms with Gasteiger partial charge >= 0.3 is 16.3 Å². The smallest absolute Gasteiger partial charge is 0.410 e. The minimum absolute atomic E-state index is 0.102. The fourth-order valence-corrected chi connectivity index (χ4v) is 5.17. The molecule has 1 aliphatic rings. The van der Waals surface area contributed by atoms with Crippen molar-refractivity contribution in [3.63, 3.8) is 0 Å². The molecule has 0 atom stereocenters. The lowest BCUT2D eigenvalue weighted by Gasteiger charge is -2.27. The summed E-state index contributed by atoms with van der Waals surface area (Å²) in [6.07, 6.45) is -0.436. The molecule has 0 aromatic heterocycles. The first-order valence-electron chi connectivity index (χ1n) is 10.8. The summed E-state index contributed by atoms with van der Waals surface area (Å²) in [5.41, 5.74) is -0.139. The van der Waals surface area contributed by atoms with Crippen molar-refractivity contribution in [2.24, 2.45) is 0 Å². The first-order chi connectivity index (χ1) is 15.8. The predicted octanol–water partition coefficient (Wildman–Crippen LogP) is 3.97. The summed E-state index contributed by atoms with van der Waals surface area (Å²) in [5, 5.41) is 0. The van der Waals surface area contributed by atoms with E-state index in [1.54, 1.807) is 52.1 Å². The SMILES string of the molecule is CN(CCN(C)C(=O)OC(C)(C)C)CCN1c2ccccc2N(c2ccc(F)cc2F)S1(=O)=O. The van der Waals surface area contributed by atoms with E-state index in [0.29, 0.717) is 37.1 Å².